The molecule has 112 valence electrons. The fraction of sp³-hybridized carbons (Fsp3) is 0.462. The molecule has 1 amide bonds. The lowest BCUT2D eigenvalue weighted by Crippen LogP contribution is -2.29. The van der Waals surface area contributed by atoms with Gasteiger partial charge in [-0.05, 0) is 18.6 Å². The van der Waals surface area contributed by atoms with Crippen LogP contribution in [-0.4, -0.2) is 19.1 Å². The number of ether oxygens (including phenoxy) is 1. The lowest BCUT2D eigenvalue weighted by molar-refractivity contribution is -0.119. The molecular weight excluding hydrogens is 273 g/mol. The molecule has 0 saturated heterocycles. The summed E-state index contributed by atoms with van der Waals surface area (Å²) in [4.78, 5) is 11.8. The lowest BCUT2D eigenvalue weighted by atomic mass is 10.0. The van der Waals surface area contributed by atoms with E-state index in [9.17, 15) is 18.0 Å². The summed E-state index contributed by atoms with van der Waals surface area (Å²) in [6.45, 7) is -0.989. The second-order valence-corrected chi connectivity index (χ2v) is 4.23. The van der Waals surface area contributed by atoms with E-state index in [4.69, 9.17) is 5.73 Å². The van der Waals surface area contributed by atoms with Gasteiger partial charge in [-0.1, -0.05) is 13.3 Å². The Morgan fingerprint density at radius 3 is 2.65 bits per heavy atom. The van der Waals surface area contributed by atoms with Crippen molar-refractivity contribution >= 4 is 11.6 Å². The highest BCUT2D eigenvalue weighted by atomic mass is 19.3. The Kier molecular flexibility index (Phi) is 6.30. The molecule has 0 aliphatic heterocycles. The van der Waals surface area contributed by atoms with Crippen LogP contribution < -0.4 is 15.8 Å². The Balaban J connectivity index is 2.73. The number of benzene rings is 1. The van der Waals surface area contributed by atoms with E-state index in [0.717, 1.165) is 18.6 Å². The maximum atomic E-state index is 13.5. The molecule has 0 saturated carbocycles. The van der Waals surface area contributed by atoms with E-state index in [2.05, 4.69) is 10.1 Å². The normalized spacial score (nSPS) is 12.3. The Morgan fingerprint density at radius 2 is 2.15 bits per heavy atom. The number of hydrogen-bond donors (Lipinski definition) is 2. The zero-order chi connectivity index (χ0) is 15.1. The van der Waals surface area contributed by atoms with Gasteiger partial charge in [0, 0.05) is 18.3 Å². The summed E-state index contributed by atoms with van der Waals surface area (Å²) in [5, 5.41) is 2.50. The van der Waals surface area contributed by atoms with Crippen LogP contribution in [0.4, 0.5) is 18.9 Å². The van der Waals surface area contributed by atoms with Gasteiger partial charge in [0.25, 0.3) is 0 Å². The summed E-state index contributed by atoms with van der Waals surface area (Å²) in [6, 6.07) is 3.25. The third-order valence-corrected chi connectivity index (χ3v) is 2.71. The number of rotatable bonds is 7. The average Bonchev–Trinajstić information content (AvgIpc) is 2.38. The number of amides is 1. The molecule has 1 atom stereocenters. The molecule has 0 spiro atoms. The Morgan fingerprint density at radius 1 is 1.45 bits per heavy atom. The number of alkyl halides is 2. The van der Waals surface area contributed by atoms with Gasteiger partial charge in [-0.15, -0.1) is 0 Å². The van der Waals surface area contributed by atoms with Crippen LogP contribution in [0.15, 0.2) is 18.2 Å². The second kappa shape index (κ2) is 7.74. The molecule has 0 aromatic heterocycles. The molecule has 1 unspecified atom stereocenters. The van der Waals surface area contributed by atoms with Gasteiger partial charge in [-0.25, -0.2) is 4.39 Å². The first-order chi connectivity index (χ1) is 9.47. The molecule has 4 nitrogen and oxygen atoms in total. The van der Waals surface area contributed by atoms with Gasteiger partial charge in [-0.2, -0.15) is 8.78 Å². The predicted molar refractivity (Wildman–Crippen MR) is 69.1 cm³/mol. The first kappa shape index (κ1) is 16.3. The van der Waals surface area contributed by atoms with E-state index in [0.29, 0.717) is 6.42 Å². The van der Waals surface area contributed by atoms with Crippen LogP contribution in [0.1, 0.15) is 19.8 Å². The number of carbonyl (C=O) groups excluding carboxylic acids is 1. The molecule has 3 N–H and O–H groups in total. The largest absolute Gasteiger partial charge is 0.432 e. The molecule has 1 rings (SSSR count). The van der Waals surface area contributed by atoms with Crippen LogP contribution in [0.2, 0.25) is 0 Å². The molecule has 0 aliphatic rings. The van der Waals surface area contributed by atoms with Crippen molar-refractivity contribution in [2.24, 2.45) is 11.7 Å². The Labute approximate surface area is 115 Å². The topological polar surface area (TPSA) is 64.4 Å². The highest BCUT2D eigenvalue weighted by molar-refractivity contribution is 5.92. The molecule has 1 aromatic rings. The van der Waals surface area contributed by atoms with E-state index < -0.39 is 18.2 Å². The van der Waals surface area contributed by atoms with Gasteiger partial charge in [0.1, 0.15) is 0 Å². The smallest absolute Gasteiger partial charge is 0.387 e. The van der Waals surface area contributed by atoms with Gasteiger partial charge < -0.3 is 15.8 Å². The van der Waals surface area contributed by atoms with Crippen LogP contribution in [-0.2, 0) is 4.79 Å². The highest BCUT2D eigenvalue weighted by Crippen LogP contribution is 2.23. The van der Waals surface area contributed by atoms with Crippen LogP contribution in [0.3, 0.4) is 0 Å². The predicted octanol–water partition coefficient (Wildman–Crippen LogP) is 2.74. The molecule has 0 heterocycles. The molecular formula is C13H17F3N2O2. The fourth-order valence-corrected chi connectivity index (χ4v) is 1.72. The highest BCUT2D eigenvalue weighted by Gasteiger charge is 2.17. The third kappa shape index (κ3) is 4.73. The summed E-state index contributed by atoms with van der Waals surface area (Å²) in [6.07, 6.45) is 1.42. The number of nitrogens with one attached hydrogen (secondary N) is 1. The summed E-state index contributed by atoms with van der Waals surface area (Å²) in [7, 11) is 0. The van der Waals surface area contributed by atoms with Crippen molar-refractivity contribution in [2.75, 3.05) is 11.9 Å². The zero-order valence-electron chi connectivity index (χ0n) is 11.0. The van der Waals surface area contributed by atoms with Crippen molar-refractivity contribution in [3.8, 4) is 5.75 Å². The number of nitrogens with two attached hydrogens (primary N) is 1. The minimum Gasteiger partial charge on any atom is -0.432 e. The first-order valence-electron chi connectivity index (χ1n) is 6.23. The Hall–Kier alpha value is -1.76. The van der Waals surface area contributed by atoms with E-state index >= 15 is 0 Å². The van der Waals surface area contributed by atoms with E-state index in [1.54, 1.807) is 0 Å². The SMILES string of the molecule is CCCC(CN)C(=O)Nc1ccc(OC(F)F)c(F)c1. The molecule has 0 aliphatic carbocycles. The van der Waals surface area contributed by atoms with Crippen molar-refractivity contribution in [1.82, 2.24) is 0 Å². The minimum atomic E-state index is -3.10. The molecule has 0 bridgehead atoms. The molecule has 7 heteroatoms. The fourth-order valence-electron chi connectivity index (χ4n) is 1.72. The minimum absolute atomic E-state index is 0.170. The third-order valence-electron chi connectivity index (χ3n) is 2.71. The molecule has 20 heavy (non-hydrogen) atoms. The van der Waals surface area contributed by atoms with Crippen LogP contribution in [0.5, 0.6) is 5.75 Å². The number of anilines is 1. The van der Waals surface area contributed by atoms with Crippen molar-refractivity contribution in [3.63, 3.8) is 0 Å². The first-order valence-corrected chi connectivity index (χ1v) is 6.23. The Bertz CT molecular complexity index is 455. The van der Waals surface area contributed by atoms with Gasteiger partial charge in [0.2, 0.25) is 5.91 Å². The maximum Gasteiger partial charge on any atom is 0.387 e. The van der Waals surface area contributed by atoms with Crippen molar-refractivity contribution in [1.29, 1.82) is 0 Å². The maximum absolute atomic E-state index is 13.5. The molecule has 0 fully saturated rings. The van der Waals surface area contributed by atoms with Gasteiger partial charge in [-0.3, -0.25) is 4.79 Å². The van der Waals surface area contributed by atoms with Crippen LogP contribution in [0.25, 0.3) is 0 Å². The summed E-state index contributed by atoms with van der Waals surface area (Å²) >= 11 is 0. The lowest BCUT2D eigenvalue weighted by Gasteiger charge is -2.14. The van der Waals surface area contributed by atoms with E-state index in [1.165, 1.54) is 6.07 Å². The number of halogens is 3. The van der Waals surface area contributed by atoms with Crippen molar-refractivity contribution in [3.05, 3.63) is 24.0 Å². The monoisotopic (exact) mass is 290 g/mol. The number of hydrogen-bond acceptors (Lipinski definition) is 3. The van der Waals surface area contributed by atoms with Gasteiger partial charge in [0.15, 0.2) is 11.6 Å². The summed E-state index contributed by atoms with van der Waals surface area (Å²) < 4.78 is 41.4. The van der Waals surface area contributed by atoms with Crippen LogP contribution in [0, 0.1) is 11.7 Å². The standard InChI is InChI=1S/C13H17F3N2O2/c1-2-3-8(7-17)12(19)18-9-4-5-11(10(14)6-9)20-13(15)16/h4-6,8,13H,2-3,7,17H2,1H3,(H,18,19). The van der Waals surface area contributed by atoms with Gasteiger partial charge in [0.05, 0.1) is 5.92 Å². The summed E-state index contributed by atoms with van der Waals surface area (Å²) in [5.74, 6) is -2.22. The van der Waals surface area contributed by atoms with Crippen LogP contribution >= 0.6 is 0 Å². The number of carbonyl (C=O) groups is 1. The zero-order valence-corrected chi connectivity index (χ0v) is 11.0. The molecule has 0 radical (unpaired) electrons. The van der Waals surface area contributed by atoms with E-state index in [1.807, 2.05) is 6.92 Å². The average molecular weight is 290 g/mol. The second-order valence-electron chi connectivity index (χ2n) is 4.23. The summed E-state index contributed by atoms with van der Waals surface area (Å²) in [5.41, 5.74) is 5.65. The van der Waals surface area contributed by atoms with E-state index in [-0.39, 0.29) is 24.1 Å². The molecule has 1 aromatic carbocycles. The van der Waals surface area contributed by atoms with Crippen molar-refractivity contribution in [2.45, 2.75) is 26.4 Å². The van der Waals surface area contributed by atoms with Crippen molar-refractivity contribution < 1.29 is 22.7 Å². The quantitative estimate of drug-likeness (QED) is 0.811. The van der Waals surface area contributed by atoms with Gasteiger partial charge >= 0.3 is 6.61 Å².